The molecule has 0 amide bonds. The Bertz CT molecular complexity index is 951. The van der Waals surface area contributed by atoms with E-state index in [9.17, 15) is 0 Å². The van der Waals surface area contributed by atoms with Crippen molar-refractivity contribution < 1.29 is 9.47 Å². The SMILES string of the molecule is COCc1nc(-c2nc3c(s2)CCOc2cc(Br)ccc2-3)n(C(C)C)n1. The first kappa shape index (κ1) is 17.6. The van der Waals surface area contributed by atoms with Gasteiger partial charge in [0, 0.05) is 34.5 Å². The molecule has 26 heavy (non-hydrogen) atoms. The second-order valence-electron chi connectivity index (χ2n) is 6.35. The minimum absolute atomic E-state index is 0.193. The van der Waals surface area contributed by atoms with Crippen molar-refractivity contribution in [2.45, 2.75) is 32.9 Å². The van der Waals surface area contributed by atoms with Gasteiger partial charge in [-0.3, -0.25) is 0 Å². The highest BCUT2D eigenvalue weighted by molar-refractivity contribution is 9.10. The molecule has 0 aliphatic carbocycles. The van der Waals surface area contributed by atoms with Crippen LogP contribution in [0.1, 0.15) is 30.6 Å². The number of hydrogen-bond donors (Lipinski definition) is 0. The maximum absolute atomic E-state index is 5.90. The molecule has 6 nitrogen and oxygen atoms in total. The second-order valence-corrected chi connectivity index (χ2v) is 8.35. The molecule has 0 fully saturated rings. The first-order valence-electron chi connectivity index (χ1n) is 8.44. The molecular weight excluding hydrogens is 416 g/mol. The lowest BCUT2D eigenvalue weighted by atomic mass is 10.1. The molecule has 1 aromatic carbocycles. The van der Waals surface area contributed by atoms with Crippen molar-refractivity contribution in [1.82, 2.24) is 19.7 Å². The first-order valence-corrected chi connectivity index (χ1v) is 10.0. The zero-order valence-electron chi connectivity index (χ0n) is 14.8. The van der Waals surface area contributed by atoms with Crippen molar-refractivity contribution in [2.24, 2.45) is 0 Å². The molecule has 0 atom stereocenters. The quantitative estimate of drug-likeness (QED) is 0.604. The maximum Gasteiger partial charge on any atom is 0.187 e. The second kappa shape index (κ2) is 7.09. The van der Waals surface area contributed by atoms with Crippen LogP contribution in [0.4, 0.5) is 0 Å². The predicted molar refractivity (Wildman–Crippen MR) is 105 cm³/mol. The molecule has 0 N–H and O–H groups in total. The molecule has 3 heterocycles. The van der Waals surface area contributed by atoms with Crippen LogP contribution < -0.4 is 4.74 Å². The van der Waals surface area contributed by atoms with E-state index in [-0.39, 0.29) is 6.04 Å². The maximum atomic E-state index is 5.90. The third kappa shape index (κ3) is 3.17. The van der Waals surface area contributed by atoms with Gasteiger partial charge in [0.25, 0.3) is 0 Å². The average molecular weight is 435 g/mol. The van der Waals surface area contributed by atoms with E-state index in [0.29, 0.717) is 19.0 Å². The first-order chi connectivity index (χ1) is 12.6. The van der Waals surface area contributed by atoms with Crippen molar-refractivity contribution in [3.8, 4) is 27.8 Å². The highest BCUT2D eigenvalue weighted by Gasteiger charge is 2.24. The number of hydrogen-bond acceptors (Lipinski definition) is 6. The van der Waals surface area contributed by atoms with Crippen molar-refractivity contribution in [1.29, 1.82) is 0 Å². The summed E-state index contributed by atoms with van der Waals surface area (Å²) in [4.78, 5) is 10.8. The Morgan fingerprint density at radius 3 is 2.96 bits per heavy atom. The Kier molecular flexibility index (Phi) is 4.81. The standard InChI is InChI=1S/C18H19BrN4O2S/c1-10(2)23-17(20-15(22-23)9-24-3)18-21-16-12-5-4-11(19)8-13(12)25-7-6-14(16)26-18/h4-5,8,10H,6-7,9H2,1-3H3. The highest BCUT2D eigenvalue weighted by Crippen LogP contribution is 2.41. The van der Waals surface area contributed by atoms with E-state index in [4.69, 9.17) is 14.5 Å². The Labute approximate surface area is 164 Å². The van der Waals surface area contributed by atoms with Gasteiger partial charge in [-0.15, -0.1) is 11.3 Å². The molecule has 3 aromatic rings. The van der Waals surface area contributed by atoms with Crippen LogP contribution in [0.5, 0.6) is 5.75 Å². The van der Waals surface area contributed by atoms with E-state index in [0.717, 1.165) is 38.7 Å². The fourth-order valence-electron chi connectivity index (χ4n) is 2.96. The van der Waals surface area contributed by atoms with Gasteiger partial charge in [-0.25, -0.2) is 14.6 Å². The van der Waals surface area contributed by atoms with E-state index in [2.05, 4.69) is 45.9 Å². The number of methoxy groups -OCH3 is 1. The van der Waals surface area contributed by atoms with Gasteiger partial charge in [-0.2, -0.15) is 5.10 Å². The summed E-state index contributed by atoms with van der Waals surface area (Å²) in [5.41, 5.74) is 2.01. The van der Waals surface area contributed by atoms with Crippen LogP contribution in [0.25, 0.3) is 22.1 Å². The average Bonchev–Trinajstić information content (AvgIpc) is 3.16. The zero-order chi connectivity index (χ0) is 18.3. The summed E-state index contributed by atoms with van der Waals surface area (Å²) in [6.45, 7) is 5.22. The lowest BCUT2D eigenvalue weighted by Gasteiger charge is -2.08. The molecule has 2 aromatic heterocycles. The summed E-state index contributed by atoms with van der Waals surface area (Å²) >= 11 is 5.18. The summed E-state index contributed by atoms with van der Waals surface area (Å²) in [5.74, 6) is 2.33. The molecule has 8 heteroatoms. The van der Waals surface area contributed by atoms with Gasteiger partial charge >= 0.3 is 0 Å². The smallest absolute Gasteiger partial charge is 0.187 e. The fraction of sp³-hybridized carbons (Fsp3) is 0.389. The number of fused-ring (bicyclic) bond motifs is 3. The predicted octanol–water partition coefficient (Wildman–Crippen LogP) is 4.49. The highest BCUT2D eigenvalue weighted by atomic mass is 79.9. The molecule has 0 bridgehead atoms. The van der Waals surface area contributed by atoms with Gasteiger partial charge in [-0.1, -0.05) is 15.9 Å². The third-order valence-electron chi connectivity index (χ3n) is 4.11. The Balaban J connectivity index is 1.83. The molecule has 0 radical (unpaired) electrons. The molecule has 0 spiro atoms. The Hall–Kier alpha value is -1.77. The van der Waals surface area contributed by atoms with Gasteiger partial charge in [0.15, 0.2) is 16.7 Å². The summed E-state index contributed by atoms with van der Waals surface area (Å²) in [5, 5.41) is 5.46. The Morgan fingerprint density at radius 1 is 1.35 bits per heavy atom. The van der Waals surface area contributed by atoms with Gasteiger partial charge in [-0.05, 0) is 32.0 Å². The van der Waals surface area contributed by atoms with Gasteiger partial charge < -0.3 is 9.47 Å². The number of aromatic nitrogens is 4. The summed E-state index contributed by atoms with van der Waals surface area (Å²) in [6, 6.07) is 6.26. The normalized spacial score (nSPS) is 13.3. The minimum Gasteiger partial charge on any atom is -0.492 e. The lowest BCUT2D eigenvalue weighted by Crippen LogP contribution is -2.05. The van der Waals surface area contributed by atoms with Crippen LogP contribution in [-0.2, 0) is 17.8 Å². The number of benzene rings is 1. The molecule has 1 aliphatic heterocycles. The summed E-state index contributed by atoms with van der Waals surface area (Å²) in [6.07, 6.45) is 0.833. The van der Waals surface area contributed by atoms with Crippen LogP contribution in [-0.4, -0.2) is 33.5 Å². The Morgan fingerprint density at radius 2 is 2.19 bits per heavy atom. The van der Waals surface area contributed by atoms with E-state index < -0.39 is 0 Å². The third-order valence-corrected chi connectivity index (χ3v) is 5.72. The zero-order valence-corrected chi connectivity index (χ0v) is 17.2. The number of thiazole rings is 1. The van der Waals surface area contributed by atoms with Crippen LogP contribution in [0.3, 0.4) is 0 Å². The molecule has 0 saturated heterocycles. The topological polar surface area (TPSA) is 62.1 Å². The van der Waals surface area contributed by atoms with Gasteiger partial charge in [0.2, 0.25) is 0 Å². The van der Waals surface area contributed by atoms with Crippen molar-refractivity contribution in [3.05, 3.63) is 33.4 Å². The van der Waals surface area contributed by atoms with Crippen molar-refractivity contribution in [2.75, 3.05) is 13.7 Å². The van der Waals surface area contributed by atoms with Gasteiger partial charge in [0.1, 0.15) is 12.4 Å². The molecule has 0 unspecified atom stereocenters. The molecule has 136 valence electrons. The minimum atomic E-state index is 0.193. The van der Waals surface area contributed by atoms with Crippen LogP contribution >= 0.6 is 27.3 Å². The molecule has 4 rings (SSSR count). The van der Waals surface area contributed by atoms with Crippen molar-refractivity contribution >= 4 is 27.3 Å². The molecule has 1 aliphatic rings. The van der Waals surface area contributed by atoms with E-state index >= 15 is 0 Å². The number of nitrogens with zero attached hydrogens (tertiary/aromatic N) is 4. The van der Waals surface area contributed by atoms with Crippen LogP contribution in [0.15, 0.2) is 22.7 Å². The van der Waals surface area contributed by atoms with Crippen LogP contribution in [0.2, 0.25) is 0 Å². The fourth-order valence-corrected chi connectivity index (χ4v) is 4.33. The van der Waals surface area contributed by atoms with Crippen molar-refractivity contribution in [3.63, 3.8) is 0 Å². The summed E-state index contributed by atoms with van der Waals surface area (Å²) < 4.78 is 14.0. The monoisotopic (exact) mass is 434 g/mol. The van der Waals surface area contributed by atoms with E-state index in [1.54, 1.807) is 18.4 Å². The largest absolute Gasteiger partial charge is 0.492 e. The number of rotatable bonds is 4. The lowest BCUT2D eigenvalue weighted by molar-refractivity contribution is 0.177. The van der Waals surface area contributed by atoms with Gasteiger partial charge in [0.05, 0.1) is 12.3 Å². The van der Waals surface area contributed by atoms with Crippen LogP contribution in [0, 0.1) is 0 Å². The molecular formula is C18H19BrN4O2S. The summed E-state index contributed by atoms with van der Waals surface area (Å²) in [7, 11) is 1.65. The number of halogens is 1. The number of ether oxygens (including phenoxy) is 2. The van der Waals surface area contributed by atoms with E-state index in [1.165, 1.54) is 4.88 Å². The molecule has 0 saturated carbocycles. The van der Waals surface area contributed by atoms with E-state index in [1.807, 2.05) is 16.8 Å².